The Morgan fingerprint density at radius 2 is 1.70 bits per heavy atom. The van der Waals surface area contributed by atoms with Crippen molar-refractivity contribution in [3.8, 4) is 5.75 Å². The van der Waals surface area contributed by atoms with Gasteiger partial charge >= 0.3 is 6.18 Å². The van der Waals surface area contributed by atoms with Crippen molar-refractivity contribution >= 4 is 6.21 Å². The summed E-state index contributed by atoms with van der Waals surface area (Å²) in [5, 5.41) is 26.0. The maximum atomic E-state index is 14.0. The minimum absolute atomic E-state index is 0.0937. The summed E-state index contributed by atoms with van der Waals surface area (Å²) in [7, 11) is 0. The van der Waals surface area contributed by atoms with Crippen LogP contribution in [0.2, 0.25) is 0 Å². The molecule has 2 rings (SSSR count). The Morgan fingerprint density at radius 1 is 1.07 bits per heavy atom. The lowest BCUT2D eigenvalue weighted by atomic mass is 9.84. The Kier molecular flexibility index (Phi) is 7.67. The monoisotopic (exact) mass is 420 g/mol. The van der Waals surface area contributed by atoms with Gasteiger partial charge in [0.2, 0.25) is 0 Å². The minimum atomic E-state index is -4.63. The number of hydrogen-bond acceptors (Lipinski definition) is 4. The van der Waals surface area contributed by atoms with E-state index in [9.17, 15) is 23.4 Å². The van der Waals surface area contributed by atoms with Crippen LogP contribution in [0.25, 0.3) is 0 Å². The van der Waals surface area contributed by atoms with Crippen LogP contribution in [-0.4, -0.2) is 28.0 Å². The van der Waals surface area contributed by atoms with Crippen LogP contribution in [0.15, 0.2) is 60.3 Å². The maximum absolute atomic E-state index is 14.0. The largest absolute Gasteiger partial charge is 0.508 e. The van der Waals surface area contributed by atoms with E-state index in [1.807, 2.05) is 0 Å². The zero-order valence-corrected chi connectivity index (χ0v) is 17.2. The Bertz CT molecular complexity index is 879. The van der Waals surface area contributed by atoms with E-state index in [1.165, 1.54) is 35.6 Å². The zero-order valence-electron chi connectivity index (χ0n) is 17.2. The van der Waals surface area contributed by atoms with Crippen molar-refractivity contribution in [2.75, 3.05) is 6.54 Å². The normalized spacial score (nSPS) is 13.9. The lowest BCUT2D eigenvalue weighted by Gasteiger charge is -2.34. The molecule has 1 unspecified atom stereocenters. The van der Waals surface area contributed by atoms with Crippen molar-refractivity contribution in [3.05, 3.63) is 77.5 Å². The molecule has 162 valence electrons. The highest BCUT2D eigenvalue weighted by Crippen LogP contribution is 2.40. The van der Waals surface area contributed by atoms with Crippen molar-refractivity contribution in [1.29, 1.82) is 0 Å². The fourth-order valence-electron chi connectivity index (χ4n) is 3.47. The molecule has 0 aliphatic carbocycles. The Hall–Kier alpha value is -2.80. The summed E-state index contributed by atoms with van der Waals surface area (Å²) in [4.78, 5) is 0. The molecule has 1 atom stereocenters. The van der Waals surface area contributed by atoms with E-state index < -0.39 is 17.3 Å². The molecule has 2 N–H and O–H groups in total. The molecular weight excluding hydrogens is 393 g/mol. The zero-order chi connectivity index (χ0) is 22.4. The number of nitrogens with zero attached hydrogens (tertiary/aromatic N) is 2. The number of alkyl halides is 3. The molecule has 0 saturated heterocycles. The number of aliphatic hydroxyl groups is 1. The first kappa shape index (κ1) is 23.5. The molecule has 0 aliphatic heterocycles. The molecule has 0 fully saturated rings. The molecule has 30 heavy (non-hydrogen) atoms. The van der Waals surface area contributed by atoms with Gasteiger partial charge in [-0.05, 0) is 54.7 Å². The fraction of sp³-hybridized carbons (Fsp3) is 0.348. The van der Waals surface area contributed by atoms with Crippen molar-refractivity contribution in [3.63, 3.8) is 0 Å². The molecule has 2 aromatic rings. The number of hydrogen-bond donors (Lipinski definition) is 2. The molecule has 0 aromatic heterocycles. The van der Waals surface area contributed by atoms with Crippen LogP contribution in [0.1, 0.15) is 48.9 Å². The van der Waals surface area contributed by atoms with Crippen molar-refractivity contribution < 1.29 is 23.4 Å². The summed E-state index contributed by atoms with van der Waals surface area (Å²) >= 11 is 0. The number of rotatable bonds is 9. The average molecular weight is 420 g/mol. The average Bonchev–Trinajstić information content (AvgIpc) is 2.69. The molecule has 0 saturated carbocycles. The van der Waals surface area contributed by atoms with E-state index in [0.29, 0.717) is 12.0 Å². The van der Waals surface area contributed by atoms with E-state index in [0.717, 1.165) is 11.6 Å². The summed E-state index contributed by atoms with van der Waals surface area (Å²) < 4.78 is 41.9. The number of phenolic OH excluding ortho intramolecular Hbond substituents is 1. The third-order valence-corrected chi connectivity index (χ3v) is 4.80. The highest BCUT2D eigenvalue weighted by Gasteiger charge is 2.41. The first-order valence-electron chi connectivity index (χ1n) is 9.71. The van der Waals surface area contributed by atoms with Gasteiger partial charge in [-0.15, -0.1) is 0 Å². The number of benzene rings is 2. The SMILES string of the molecule is C=CN(CC(O)(CCC)c1ccc(Cc2ccc(O)cc2)cc1C(F)(F)F)/N=C\C. The predicted molar refractivity (Wildman–Crippen MR) is 112 cm³/mol. The Morgan fingerprint density at radius 3 is 2.23 bits per heavy atom. The van der Waals surface area contributed by atoms with Crippen LogP contribution >= 0.6 is 0 Å². The van der Waals surface area contributed by atoms with Gasteiger partial charge in [-0.2, -0.15) is 18.3 Å². The highest BCUT2D eigenvalue weighted by molar-refractivity contribution is 5.52. The smallest absolute Gasteiger partial charge is 0.416 e. The lowest BCUT2D eigenvalue weighted by Crippen LogP contribution is -2.38. The molecular formula is C23H27F3N2O2. The number of aromatic hydroxyl groups is 1. The molecule has 0 radical (unpaired) electrons. The van der Waals surface area contributed by atoms with Crippen LogP contribution < -0.4 is 0 Å². The minimum Gasteiger partial charge on any atom is -0.508 e. The molecule has 0 aliphatic rings. The van der Waals surface area contributed by atoms with Crippen LogP contribution in [0.4, 0.5) is 13.2 Å². The van der Waals surface area contributed by atoms with Gasteiger partial charge in [0.1, 0.15) is 11.4 Å². The van der Waals surface area contributed by atoms with Crippen LogP contribution in [0, 0.1) is 0 Å². The quantitative estimate of drug-likeness (QED) is 0.420. The van der Waals surface area contributed by atoms with E-state index in [4.69, 9.17) is 0 Å². The molecule has 0 bridgehead atoms. The second-order valence-corrected chi connectivity index (χ2v) is 7.16. The van der Waals surface area contributed by atoms with E-state index >= 15 is 0 Å². The van der Waals surface area contributed by atoms with Crippen molar-refractivity contribution in [2.24, 2.45) is 5.10 Å². The Labute approximate surface area is 175 Å². The summed E-state index contributed by atoms with van der Waals surface area (Å²) in [6, 6.07) is 10.3. The summed E-state index contributed by atoms with van der Waals surface area (Å²) in [6.07, 6.45) is -0.878. The van der Waals surface area contributed by atoms with Crippen molar-refractivity contribution in [1.82, 2.24) is 5.01 Å². The fourth-order valence-corrected chi connectivity index (χ4v) is 3.47. The van der Waals surface area contributed by atoms with E-state index in [2.05, 4.69) is 11.7 Å². The Balaban J connectivity index is 2.50. The predicted octanol–water partition coefficient (Wildman–Crippen LogP) is 5.44. The summed E-state index contributed by atoms with van der Waals surface area (Å²) in [5.41, 5.74) is -1.56. The van der Waals surface area contributed by atoms with Gasteiger partial charge < -0.3 is 10.2 Å². The maximum Gasteiger partial charge on any atom is 0.416 e. The van der Waals surface area contributed by atoms with E-state index in [1.54, 1.807) is 32.0 Å². The van der Waals surface area contributed by atoms with Gasteiger partial charge in [0.25, 0.3) is 0 Å². The van der Waals surface area contributed by atoms with Crippen molar-refractivity contribution in [2.45, 2.75) is 44.9 Å². The second-order valence-electron chi connectivity index (χ2n) is 7.16. The van der Waals surface area contributed by atoms with Gasteiger partial charge in [0.15, 0.2) is 0 Å². The lowest BCUT2D eigenvalue weighted by molar-refractivity contribution is -0.141. The summed E-state index contributed by atoms with van der Waals surface area (Å²) in [5.74, 6) is 0.0937. The molecule has 0 heterocycles. The van der Waals surface area contributed by atoms with Crippen LogP contribution in [0.3, 0.4) is 0 Å². The third-order valence-electron chi connectivity index (χ3n) is 4.80. The first-order valence-corrected chi connectivity index (χ1v) is 9.71. The molecule has 0 amide bonds. The first-order chi connectivity index (χ1) is 14.1. The number of halogens is 3. The highest BCUT2D eigenvalue weighted by atomic mass is 19.4. The number of hydrazone groups is 1. The van der Waals surface area contributed by atoms with Gasteiger partial charge in [-0.25, -0.2) is 0 Å². The van der Waals surface area contributed by atoms with Gasteiger partial charge in [-0.3, -0.25) is 5.01 Å². The molecule has 7 heteroatoms. The standard InChI is InChI=1S/C23H27F3N2O2/c1-4-13-22(30,16-28(6-3)27-5-2)20-12-9-18(15-21(20)23(24,25)26)14-17-7-10-19(29)11-8-17/h5-12,15,29-30H,3-4,13-14,16H2,1-2H3/b27-5-. The molecule has 2 aromatic carbocycles. The van der Waals surface area contributed by atoms with Crippen LogP contribution in [-0.2, 0) is 18.2 Å². The third kappa shape index (κ3) is 5.86. The molecule has 0 spiro atoms. The van der Waals surface area contributed by atoms with E-state index in [-0.39, 0.29) is 30.7 Å². The number of phenols is 1. The topological polar surface area (TPSA) is 56.1 Å². The van der Waals surface area contributed by atoms with Gasteiger partial charge in [0, 0.05) is 12.4 Å². The molecule has 4 nitrogen and oxygen atoms in total. The van der Waals surface area contributed by atoms with Crippen LogP contribution in [0.5, 0.6) is 5.75 Å². The summed E-state index contributed by atoms with van der Waals surface area (Å²) in [6.45, 7) is 6.95. The van der Waals surface area contributed by atoms with Gasteiger partial charge in [0.05, 0.1) is 12.1 Å². The second kappa shape index (κ2) is 9.80. The van der Waals surface area contributed by atoms with Gasteiger partial charge in [-0.1, -0.05) is 44.2 Å².